The van der Waals surface area contributed by atoms with E-state index in [1.807, 2.05) is 13.8 Å². The number of ether oxygens (including phenoxy) is 3. The third kappa shape index (κ3) is 2.40. The Bertz CT molecular complexity index is 289. The number of aromatic nitrogens is 2. The Balaban J connectivity index is 1.78. The fraction of sp³-hybridized carbons (Fsp3) is 0.750. The van der Waals surface area contributed by atoms with Crippen LogP contribution in [0.2, 0.25) is 0 Å². The molecule has 0 radical (unpaired) electrons. The predicted octanol–water partition coefficient (Wildman–Crippen LogP) is 1.07. The van der Waals surface area contributed by atoms with Crippen molar-refractivity contribution >= 4 is 11.7 Å². The summed E-state index contributed by atoms with van der Waals surface area (Å²) in [5.74, 6) is 0.0530. The van der Waals surface area contributed by atoms with Crippen molar-refractivity contribution in [2.24, 2.45) is 0 Å². The molecule has 1 aromatic rings. The minimum Gasteiger partial charge on any atom is -0.473 e. The summed E-state index contributed by atoms with van der Waals surface area (Å²) in [6.07, 6.45) is 1.57. The van der Waals surface area contributed by atoms with Crippen molar-refractivity contribution in [3.8, 4) is 5.88 Å². The summed E-state index contributed by atoms with van der Waals surface area (Å²) in [7, 11) is 0. The van der Waals surface area contributed by atoms with E-state index in [0.717, 1.165) is 11.7 Å². The van der Waals surface area contributed by atoms with E-state index in [1.165, 1.54) is 0 Å². The van der Waals surface area contributed by atoms with Gasteiger partial charge in [-0.2, -0.15) is 4.37 Å². The van der Waals surface area contributed by atoms with Crippen molar-refractivity contribution < 1.29 is 14.2 Å². The van der Waals surface area contributed by atoms with Crippen LogP contribution in [0.3, 0.4) is 0 Å². The highest BCUT2D eigenvalue weighted by Crippen LogP contribution is 2.22. The van der Waals surface area contributed by atoms with Gasteiger partial charge in [0.15, 0.2) is 5.79 Å². The zero-order valence-corrected chi connectivity index (χ0v) is 8.91. The molecule has 1 aliphatic heterocycles. The molecule has 78 valence electrons. The number of nitrogens with zero attached hydrogens (tertiary/aromatic N) is 2. The van der Waals surface area contributed by atoms with Crippen LogP contribution in [-0.4, -0.2) is 33.9 Å². The SMILES string of the molecule is CC1(C)OC[C@@H](COc2cnsn2)O1. The van der Waals surface area contributed by atoms with Crippen LogP contribution < -0.4 is 4.74 Å². The molecule has 0 aliphatic carbocycles. The monoisotopic (exact) mass is 216 g/mol. The molecule has 6 heteroatoms. The second-order valence-corrected chi connectivity index (χ2v) is 4.06. The van der Waals surface area contributed by atoms with Gasteiger partial charge in [-0.15, -0.1) is 4.37 Å². The van der Waals surface area contributed by atoms with Crippen LogP contribution in [-0.2, 0) is 9.47 Å². The molecule has 1 fully saturated rings. The van der Waals surface area contributed by atoms with Crippen LogP contribution in [0.15, 0.2) is 6.20 Å². The fourth-order valence-corrected chi connectivity index (χ4v) is 1.61. The number of rotatable bonds is 3. The third-order valence-electron chi connectivity index (χ3n) is 1.83. The summed E-state index contributed by atoms with van der Waals surface area (Å²) in [4.78, 5) is 0. The second kappa shape index (κ2) is 3.80. The summed E-state index contributed by atoms with van der Waals surface area (Å²) in [5.41, 5.74) is 0. The lowest BCUT2D eigenvalue weighted by Gasteiger charge is -2.16. The smallest absolute Gasteiger partial charge is 0.245 e. The minimum atomic E-state index is -0.492. The molecular weight excluding hydrogens is 204 g/mol. The van der Waals surface area contributed by atoms with Gasteiger partial charge in [0.25, 0.3) is 0 Å². The van der Waals surface area contributed by atoms with Crippen molar-refractivity contribution in [3.05, 3.63) is 6.20 Å². The predicted molar refractivity (Wildman–Crippen MR) is 50.3 cm³/mol. The first kappa shape index (κ1) is 9.82. The average Bonchev–Trinajstić information content (AvgIpc) is 2.70. The highest BCUT2D eigenvalue weighted by Gasteiger charge is 2.33. The summed E-state index contributed by atoms with van der Waals surface area (Å²) in [6.45, 7) is 4.79. The molecule has 0 N–H and O–H groups in total. The van der Waals surface area contributed by atoms with E-state index < -0.39 is 5.79 Å². The van der Waals surface area contributed by atoms with Crippen molar-refractivity contribution in [1.29, 1.82) is 0 Å². The zero-order valence-electron chi connectivity index (χ0n) is 8.10. The number of hydrogen-bond donors (Lipinski definition) is 0. The number of hydrogen-bond acceptors (Lipinski definition) is 6. The lowest BCUT2D eigenvalue weighted by Crippen LogP contribution is -2.25. The maximum Gasteiger partial charge on any atom is 0.245 e. The summed E-state index contributed by atoms with van der Waals surface area (Å²) in [6, 6.07) is 0. The average molecular weight is 216 g/mol. The maximum absolute atomic E-state index is 5.56. The van der Waals surface area contributed by atoms with E-state index >= 15 is 0 Å². The molecule has 5 nitrogen and oxygen atoms in total. The molecule has 0 unspecified atom stereocenters. The van der Waals surface area contributed by atoms with Crippen LogP contribution in [0.4, 0.5) is 0 Å². The first-order valence-corrected chi connectivity index (χ1v) is 5.11. The second-order valence-electron chi connectivity index (χ2n) is 3.51. The summed E-state index contributed by atoms with van der Waals surface area (Å²) < 4.78 is 24.1. The van der Waals surface area contributed by atoms with Gasteiger partial charge in [-0.1, -0.05) is 0 Å². The molecule has 0 amide bonds. The highest BCUT2D eigenvalue weighted by atomic mass is 32.1. The lowest BCUT2D eigenvalue weighted by atomic mass is 10.4. The first-order valence-electron chi connectivity index (χ1n) is 4.38. The van der Waals surface area contributed by atoms with Crippen LogP contribution in [0, 0.1) is 0 Å². The Morgan fingerprint density at radius 2 is 2.57 bits per heavy atom. The van der Waals surface area contributed by atoms with E-state index in [0.29, 0.717) is 19.1 Å². The van der Waals surface area contributed by atoms with E-state index in [-0.39, 0.29) is 6.10 Å². The van der Waals surface area contributed by atoms with Crippen molar-refractivity contribution in [2.75, 3.05) is 13.2 Å². The van der Waals surface area contributed by atoms with Gasteiger partial charge in [0.1, 0.15) is 18.9 Å². The van der Waals surface area contributed by atoms with Gasteiger partial charge in [-0.3, -0.25) is 0 Å². The van der Waals surface area contributed by atoms with Gasteiger partial charge in [0.2, 0.25) is 5.88 Å². The lowest BCUT2D eigenvalue weighted by molar-refractivity contribution is -0.141. The fourth-order valence-electron chi connectivity index (χ4n) is 1.24. The van der Waals surface area contributed by atoms with Gasteiger partial charge >= 0.3 is 0 Å². The van der Waals surface area contributed by atoms with Crippen LogP contribution >= 0.6 is 11.7 Å². The molecule has 1 aliphatic rings. The van der Waals surface area contributed by atoms with E-state index in [2.05, 4.69) is 8.75 Å². The van der Waals surface area contributed by atoms with E-state index in [9.17, 15) is 0 Å². The van der Waals surface area contributed by atoms with Gasteiger partial charge in [-0.05, 0) is 13.8 Å². The molecular formula is C8H12N2O3S. The van der Waals surface area contributed by atoms with E-state index in [1.54, 1.807) is 6.20 Å². The largest absolute Gasteiger partial charge is 0.473 e. The van der Waals surface area contributed by atoms with Gasteiger partial charge in [-0.25, -0.2) is 0 Å². The van der Waals surface area contributed by atoms with Crippen LogP contribution in [0.25, 0.3) is 0 Å². The molecule has 2 heterocycles. The van der Waals surface area contributed by atoms with Crippen molar-refractivity contribution in [3.63, 3.8) is 0 Å². The Hall–Kier alpha value is -0.720. The molecule has 1 aromatic heterocycles. The molecule has 0 spiro atoms. The highest BCUT2D eigenvalue weighted by molar-refractivity contribution is 6.99. The first-order chi connectivity index (χ1) is 6.66. The molecule has 1 atom stereocenters. The molecule has 0 aromatic carbocycles. The Kier molecular flexibility index (Phi) is 2.66. The van der Waals surface area contributed by atoms with Crippen LogP contribution in [0.1, 0.15) is 13.8 Å². The van der Waals surface area contributed by atoms with Gasteiger partial charge < -0.3 is 14.2 Å². The van der Waals surface area contributed by atoms with E-state index in [4.69, 9.17) is 14.2 Å². The quantitative estimate of drug-likeness (QED) is 0.756. The Labute approximate surface area is 86.3 Å². The zero-order chi connectivity index (χ0) is 10.0. The maximum atomic E-state index is 5.56. The molecule has 14 heavy (non-hydrogen) atoms. The Morgan fingerprint density at radius 1 is 1.71 bits per heavy atom. The minimum absolute atomic E-state index is 0.0216. The topological polar surface area (TPSA) is 53.5 Å². The standard InChI is InChI=1S/C8H12N2O3S/c1-8(2)12-5-6(13-8)4-11-7-3-9-14-10-7/h3,6H,4-5H2,1-2H3/t6-/m1/s1. The summed E-state index contributed by atoms with van der Waals surface area (Å²) >= 11 is 1.12. The van der Waals surface area contributed by atoms with Gasteiger partial charge in [0, 0.05) is 0 Å². The molecule has 1 saturated heterocycles. The molecule has 0 bridgehead atoms. The summed E-state index contributed by atoms with van der Waals surface area (Å²) in [5, 5.41) is 0. The third-order valence-corrected chi connectivity index (χ3v) is 2.29. The van der Waals surface area contributed by atoms with Crippen molar-refractivity contribution in [1.82, 2.24) is 8.75 Å². The molecule has 2 rings (SSSR count). The van der Waals surface area contributed by atoms with Gasteiger partial charge in [0.05, 0.1) is 18.3 Å². The Morgan fingerprint density at radius 3 is 3.14 bits per heavy atom. The van der Waals surface area contributed by atoms with Crippen LogP contribution in [0.5, 0.6) is 5.88 Å². The van der Waals surface area contributed by atoms with Crippen molar-refractivity contribution in [2.45, 2.75) is 25.7 Å². The normalized spacial score (nSPS) is 25.1. The molecule has 0 saturated carbocycles.